The molecule has 28 heavy (non-hydrogen) atoms. The van der Waals surface area contributed by atoms with E-state index in [2.05, 4.69) is 25.9 Å². The molecule has 0 bridgehead atoms. The molecule has 0 aliphatic heterocycles. The molecular weight excluding hydrogens is 385 g/mol. The van der Waals surface area contributed by atoms with Gasteiger partial charge in [-0.15, -0.1) is 0 Å². The maximum absolute atomic E-state index is 12.7. The first-order chi connectivity index (χ1) is 13.1. The van der Waals surface area contributed by atoms with Crippen LogP contribution >= 0.6 is 0 Å². The summed E-state index contributed by atoms with van der Waals surface area (Å²) in [4.78, 5) is 37.3. The molecule has 0 unspecified atom stereocenters. The number of carbonyl (C=O) groups is 1. The Bertz CT molecular complexity index is 1160. The molecule has 0 radical (unpaired) electrons. The third-order valence-electron chi connectivity index (χ3n) is 3.64. The van der Waals surface area contributed by atoms with Gasteiger partial charge in [0.25, 0.3) is 11.5 Å². The maximum Gasteiger partial charge on any atom is 0.416 e. The van der Waals surface area contributed by atoms with E-state index in [0.717, 1.165) is 16.8 Å². The number of hydrogen-bond donors (Lipinski definition) is 1. The Labute approximate surface area is 153 Å². The average molecular weight is 396 g/mol. The number of tetrazole rings is 1. The van der Waals surface area contributed by atoms with Crippen molar-refractivity contribution in [3.63, 3.8) is 0 Å². The molecule has 1 aromatic carbocycles. The zero-order valence-corrected chi connectivity index (χ0v) is 14.3. The number of carbonyl (C=O) groups excluding carboxylic acids is 1. The van der Waals surface area contributed by atoms with E-state index in [1.807, 2.05) is 0 Å². The Balaban J connectivity index is 2.08. The summed E-state index contributed by atoms with van der Waals surface area (Å²) in [7, 11) is 2.62. The van der Waals surface area contributed by atoms with E-state index < -0.39 is 34.6 Å². The van der Waals surface area contributed by atoms with Crippen molar-refractivity contribution < 1.29 is 18.0 Å². The Morgan fingerprint density at radius 1 is 1.07 bits per heavy atom. The molecule has 3 rings (SSSR count). The second-order valence-electron chi connectivity index (χ2n) is 5.52. The fourth-order valence-corrected chi connectivity index (χ4v) is 2.24. The van der Waals surface area contributed by atoms with Crippen molar-refractivity contribution >= 4 is 11.9 Å². The van der Waals surface area contributed by atoms with Gasteiger partial charge in [0, 0.05) is 14.1 Å². The number of nitrogens with zero attached hydrogens (tertiary/aromatic N) is 7. The molecule has 11 nitrogen and oxygen atoms in total. The number of alkyl halides is 3. The van der Waals surface area contributed by atoms with Gasteiger partial charge in [0.1, 0.15) is 0 Å². The normalized spacial score (nSPS) is 11.5. The van der Waals surface area contributed by atoms with E-state index in [0.29, 0.717) is 21.4 Å². The van der Waals surface area contributed by atoms with Crippen molar-refractivity contribution in [3.05, 3.63) is 56.4 Å². The van der Waals surface area contributed by atoms with Gasteiger partial charge in [0.05, 0.1) is 11.3 Å². The van der Waals surface area contributed by atoms with Crippen LogP contribution in [0.15, 0.2) is 33.9 Å². The summed E-state index contributed by atoms with van der Waals surface area (Å²) < 4.78 is 40.5. The quantitative estimate of drug-likeness (QED) is 0.645. The molecule has 0 spiro atoms. The number of rotatable bonds is 3. The summed E-state index contributed by atoms with van der Waals surface area (Å²) in [6.45, 7) is 0. The summed E-state index contributed by atoms with van der Waals surface area (Å²) in [5, 5.41) is 16.2. The minimum Gasteiger partial charge on any atom is -0.288 e. The number of nitrogens with one attached hydrogen (secondary N) is 1. The van der Waals surface area contributed by atoms with Crippen LogP contribution in [0.2, 0.25) is 0 Å². The van der Waals surface area contributed by atoms with E-state index in [4.69, 9.17) is 0 Å². The molecule has 0 aliphatic rings. The van der Waals surface area contributed by atoms with E-state index in [-0.39, 0.29) is 11.6 Å². The van der Waals surface area contributed by atoms with Crippen molar-refractivity contribution in [3.8, 4) is 5.69 Å². The molecule has 3 aromatic rings. The van der Waals surface area contributed by atoms with Crippen molar-refractivity contribution in [1.82, 2.24) is 34.6 Å². The second-order valence-corrected chi connectivity index (χ2v) is 5.52. The van der Waals surface area contributed by atoms with Gasteiger partial charge >= 0.3 is 11.9 Å². The van der Waals surface area contributed by atoms with E-state index in [9.17, 15) is 27.6 Å². The number of aromatic nitrogens is 7. The van der Waals surface area contributed by atoms with Crippen LogP contribution in [0, 0.1) is 0 Å². The first kappa shape index (κ1) is 18.9. The lowest BCUT2D eigenvalue weighted by Crippen LogP contribution is -2.43. The summed E-state index contributed by atoms with van der Waals surface area (Å²) >= 11 is 0. The molecule has 0 fully saturated rings. The smallest absolute Gasteiger partial charge is 0.288 e. The van der Waals surface area contributed by atoms with Crippen molar-refractivity contribution in [2.75, 3.05) is 5.32 Å². The van der Waals surface area contributed by atoms with Gasteiger partial charge in [0.15, 0.2) is 0 Å². The number of halogens is 3. The fourth-order valence-electron chi connectivity index (χ4n) is 2.24. The molecule has 2 aromatic heterocycles. The second kappa shape index (κ2) is 6.71. The summed E-state index contributed by atoms with van der Waals surface area (Å²) in [6.07, 6.45) is -4.58. The molecule has 0 saturated carbocycles. The topological polar surface area (TPSA) is 130 Å². The van der Waals surface area contributed by atoms with Gasteiger partial charge in [-0.3, -0.25) is 14.9 Å². The molecule has 1 amide bonds. The van der Waals surface area contributed by atoms with Crippen LogP contribution in [-0.4, -0.2) is 40.5 Å². The van der Waals surface area contributed by atoms with Crippen LogP contribution < -0.4 is 16.6 Å². The summed E-state index contributed by atoms with van der Waals surface area (Å²) in [5.74, 6) is -1.08. The van der Waals surface area contributed by atoms with Crippen LogP contribution in [0.5, 0.6) is 0 Å². The number of anilines is 1. The predicted molar refractivity (Wildman–Crippen MR) is 86.8 cm³/mol. The highest BCUT2D eigenvalue weighted by molar-refractivity contribution is 6.01. The van der Waals surface area contributed by atoms with Gasteiger partial charge < -0.3 is 0 Å². The van der Waals surface area contributed by atoms with Crippen molar-refractivity contribution in [1.29, 1.82) is 0 Å². The minimum absolute atomic E-state index is 0.0823. The van der Waals surface area contributed by atoms with Crippen LogP contribution in [0.4, 0.5) is 19.1 Å². The van der Waals surface area contributed by atoms with Gasteiger partial charge in [-0.05, 0) is 34.7 Å². The zero-order chi connectivity index (χ0) is 20.6. The predicted octanol–water partition coefficient (Wildman–Crippen LogP) is -0.274. The standard InChI is InChI=1S/C14H11F3N8O3/c1-23-12(19-21-22-23)18-10(26)9-11(27)25(13(28)24(2)20-9)8-5-3-7(4-6-8)14(15,16)17/h3-6H,1-2H3,(H,18,19,22,26). The van der Waals surface area contributed by atoms with E-state index >= 15 is 0 Å². The molecule has 1 N–H and O–H groups in total. The highest BCUT2D eigenvalue weighted by Crippen LogP contribution is 2.29. The van der Waals surface area contributed by atoms with Gasteiger partial charge in [-0.25, -0.2) is 18.7 Å². The average Bonchev–Trinajstić information content (AvgIpc) is 3.02. The summed E-state index contributed by atoms with van der Waals surface area (Å²) in [6, 6.07) is 3.32. The van der Waals surface area contributed by atoms with Crippen LogP contribution in [0.1, 0.15) is 16.1 Å². The van der Waals surface area contributed by atoms with E-state index in [1.54, 1.807) is 0 Å². The monoisotopic (exact) mass is 396 g/mol. The van der Waals surface area contributed by atoms with Crippen LogP contribution in [0.3, 0.4) is 0 Å². The number of amides is 1. The maximum atomic E-state index is 12.7. The molecular formula is C14H11F3N8O3. The highest BCUT2D eigenvalue weighted by atomic mass is 19.4. The lowest BCUT2D eigenvalue weighted by atomic mass is 10.2. The third kappa shape index (κ3) is 3.38. The largest absolute Gasteiger partial charge is 0.416 e. The molecule has 0 atom stereocenters. The zero-order valence-electron chi connectivity index (χ0n) is 14.3. The Kier molecular flexibility index (Phi) is 4.54. The molecule has 14 heteroatoms. The van der Waals surface area contributed by atoms with Crippen molar-refractivity contribution in [2.45, 2.75) is 6.18 Å². The van der Waals surface area contributed by atoms with Crippen LogP contribution in [0.25, 0.3) is 5.69 Å². The highest BCUT2D eigenvalue weighted by Gasteiger charge is 2.30. The molecule has 146 valence electrons. The Morgan fingerprint density at radius 3 is 2.25 bits per heavy atom. The van der Waals surface area contributed by atoms with Gasteiger partial charge in [-0.1, -0.05) is 5.10 Å². The summed E-state index contributed by atoms with van der Waals surface area (Å²) in [5.41, 5.74) is -3.85. The number of aryl methyl sites for hydroxylation is 2. The molecule has 0 aliphatic carbocycles. The van der Waals surface area contributed by atoms with Gasteiger partial charge in [0.2, 0.25) is 11.6 Å². The fraction of sp³-hybridized carbons (Fsp3) is 0.214. The molecule has 0 saturated heterocycles. The molecule has 2 heterocycles. The van der Waals surface area contributed by atoms with Crippen molar-refractivity contribution in [2.24, 2.45) is 14.1 Å². The van der Waals surface area contributed by atoms with Crippen LogP contribution in [-0.2, 0) is 20.3 Å². The number of benzene rings is 1. The minimum atomic E-state index is -4.58. The Hall–Kier alpha value is -3.84. The SMILES string of the molecule is Cn1nnnc1NC(=O)c1nn(C)c(=O)n(-c2ccc(C(F)(F)F)cc2)c1=O. The first-order valence-electron chi connectivity index (χ1n) is 7.51. The van der Waals surface area contributed by atoms with Gasteiger partial charge in [-0.2, -0.15) is 18.3 Å². The third-order valence-corrected chi connectivity index (χ3v) is 3.64. The lowest BCUT2D eigenvalue weighted by molar-refractivity contribution is -0.137. The Morgan fingerprint density at radius 2 is 1.71 bits per heavy atom. The first-order valence-corrected chi connectivity index (χ1v) is 7.51. The van der Waals surface area contributed by atoms with E-state index in [1.165, 1.54) is 14.1 Å². The lowest BCUT2D eigenvalue weighted by Gasteiger charge is -2.11. The number of hydrogen-bond acceptors (Lipinski definition) is 7.